The fourth-order valence-electron chi connectivity index (χ4n) is 1.24. The lowest BCUT2D eigenvalue weighted by Crippen LogP contribution is -2.08. The summed E-state index contributed by atoms with van der Waals surface area (Å²) in [5.41, 5.74) is 6.09. The largest absolute Gasteiger partial charge is 0.368 e. The molecule has 1 aromatic heterocycles. The summed E-state index contributed by atoms with van der Waals surface area (Å²) in [7, 11) is 0. The highest BCUT2D eigenvalue weighted by atomic mass is 16.6. The molecule has 0 saturated carbocycles. The number of nitro groups is 1. The first kappa shape index (κ1) is 10.4. The molecule has 76 valence electrons. The van der Waals surface area contributed by atoms with Crippen LogP contribution < -0.4 is 5.73 Å². The normalized spacial score (nSPS) is 10.6. The van der Waals surface area contributed by atoms with E-state index in [1.165, 1.54) is 0 Å². The number of aromatic nitrogens is 2. The van der Waals surface area contributed by atoms with Gasteiger partial charge in [-0.15, -0.1) is 0 Å². The lowest BCUT2D eigenvalue weighted by molar-refractivity contribution is -0.386. The summed E-state index contributed by atoms with van der Waals surface area (Å²) < 4.78 is 0. The van der Waals surface area contributed by atoms with E-state index in [1.54, 1.807) is 6.92 Å². The van der Waals surface area contributed by atoms with Crippen LogP contribution in [-0.2, 0) is 0 Å². The van der Waals surface area contributed by atoms with Gasteiger partial charge in [0.05, 0.1) is 4.92 Å². The maximum absolute atomic E-state index is 10.7. The molecule has 0 radical (unpaired) electrons. The first-order chi connectivity index (χ1) is 6.43. The van der Waals surface area contributed by atoms with Crippen molar-refractivity contribution in [2.24, 2.45) is 0 Å². The second-order valence-electron chi connectivity index (χ2n) is 3.31. The molecule has 0 saturated heterocycles. The van der Waals surface area contributed by atoms with E-state index in [2.05, 4.69) is 9.97 Å². The quantitative estimate of drug-likeness (QED) is 0.569. The molecule has 0 aliphatic heterocycles. The maximum Gasteiger partial charge on any atom is 0.312 e. The Morgan fingerprint density at radius 3 is 2.43 bits per heavy atom. The minimum absolute atomic E-state index is 0.0331. The van der Waals surface area contributed by atoms with Gasteiger partial charge in [0, 0.05) is 5.92 Å². The number of rotatable bonds is 2. The van der Waals surface area contributed by atoms with Crippen LogP contribution in [0.25, 0.3) is 0 Å². The molecule has 0 atom stereocenters. The van der Waals surface area contributed by atoms with Crippen LogP contribution in [0.4, 0.5) is 11.6 Å². The van der Waals surface area contributed by atoms with Crippen LogP contribution in [0, 0.1) is 17.0 Å². The highest BCUT2D eigenvalue weighted by Gasteiger charge is 2.22. The molecular formula is C8H12N4O2. The van der Waals surface area contributed by atoms with E-state index in [1.807, 2.05) is 13.8 Å². The molecule has 0 fully saturated rings. The van der Waals surface area contributed by atoms with Gasteiger partial charge in [-0.2, -0.15) is 0 Å². The number of hydrogen-bond acceptors (Lipinski definition) is 5. The Kier molecular flexibility index (Phi) is 2.64. The van der Waals surface area contributed by atoms with E-state index in [0.29, 0.717) is 11.4 Å². The molecular weight excluding hydrogens is 184 g/mol. The van der Waals surface area contributed by atoms with Crippen molar-refractivity contribution in [3.63, 3.8) is 0 Å². The molecule has 0 unspecified atom stereocenters. The summed E-state index contributed by atoms with van der Waals surface area (Å²) in [5, 5.41) is 10.7. The van der Waals surface area contributed by atoms with E-state index >= 15 is 0 Å². The molecule has 14 heavy (non-hydrogen) atoms. The third-order valence-electron chi connectivity index (χ3n) is 1.83. The second kappa shape index (κ2) is 3.57. The molecule has 0 aromatic carbocycles. The molecule has 0 aliphatic rings. The summed E-state index contributed by atoms with van der Waals surface area (Å²) in [4.78, 5) is 17.9. The SMILES string of the molecule is Cc1nc(N)nc(C(C)C)c1[N+](=O)[O-]. The van der Waals surface area contributed by atoms with Crippen LogP contribution in [0.15, 0.2) is 0 Å². The number of anilines is 1. The van der Waals surface area contributed by atoms with E-state index < -0.39 is 4.92 Å². The number of nitrogens with zero attached hydrogens (tertiary/aromatic N) is 3. The number of hydrogen-bond donors (Lipinski definition) is 1. The fourth-order valence-corrected chi connectivity index (χ4v) is 1.24. The monoisotopic (exact) mass is 196 g/mol. The lowest BCUT2D eigenvalue weighted by Gasteiger charge is -2.07. The molecule has 0 amide bonds. The zero-order chi connectivity index (χ0) is 10.9. The van der Waals surface area contributed by atoms with Crippen LogP contribution >= 0.6 is 0 Å². The molecule has 1 aromatic rings. The summed E-state index contributed by atoms with van der Waals surface area (Å²) in [6, 6.07) is 0. The average Bonchev–Trinajstić information content (AvgIpc) is 2.01. The average molecular weight is 196 g/mol. The standard InChI is InChI=1S/C8H12N4O2/c1-4(2)6-7(12(13)14)5(3)10-8(9)11-6/h4H,1-3H3,(H2,9,10,11). The molecule has 6 heteroatoms. The van der Waals surface area contributed by atoms with Gasteiger partial charge >= 0.3 is 5.69 Å². The minimum atomic E-state index is -0.468. The van der Waals surface area contributed by atoms with Gasteiger partial charge in [-0.05, 0) is 6.92 Å². The lowest BCUT2D eigenvalue weighted by atomic mass is 10.1. The molecule has 0 aliphatic carbocycles. The number of nitrogen functional groups attached to an aromatic ring is 1. The Balaban J connectivity index is 3.44. The zero-order valence-corrected chi connectivity index (χ0v) is 8.31. The van der Waals surface area contributed by atoms with Crippen molar-refractivity contribution in [1.29, 1.82) is 0 Å². The van der Waals surface area contributed by atoms with Crippen molar-refractivity contribution in [3.8, 4) is 0 Å². The Hall–Kier alpha value is -1.72. The molecule has 6 nitrogen and oxygen atoms in total. The third-order valence-corrected chi connectivity index (χ3v) is 1.83. The van der Waals surface area contributed by atoms with E-state index in [-0.39, 0.29) is 17.6 Å². The van der Waals surface area contributed by atoms with Crippen molar-refractivity contribution >= 4 is 11.6 Å². The highest BCUT2D eigenvalue weighted by molar-refractivity contribution is 5.44. The van der Waals surface area contributed by atoms with Gasteiger partial charge in [0.2, 0.25) is 5.95 Å². The van der Waals surface area contributed by atoms with Crippen LogP contribution in [0.1, 0.15) is 31.2 Å². The summed E-state index contributed by atoms with van der Waals surface area (Å²) >= 11 is 0. The Labute approximate surface area is 81.3 Å². The van der Waals surface area contributed by atoms with E-state index in [4.69, 9.17) is 5.73 Å². The van der Waals surface area contributed by atoms with Crippen LogP contribution in [0.2, 0.25) is 0 Å². The van der Waals surface area contributed by atoms with Gasteiger partial charge in [-0.25, -0.2) is 9.97 Å². The van der Waals surface area contributed by atoms with Gasteiger partial charge in [0.15, 0.2) is 0 Å². The van der Waals surface area contributed by atoms with Gasteiger partial charge < -0.3 is 5.73 Å². The van der Waals surface area contributed by atoms with Gasteiger partial charge in [-0.1, -0.05) is 13.8 Å². The van der Waals surface area contributed by atoms with Crippen LogP contribution in [0.5, 0.6) is 0 Å². The third kappa shape index (κ3) is 1.78. The smallest absolute Gasteiger partial charge is 0.312 e. The van der Waals surface area contributed by atoms with Crippen molar-refractivity contribution < 1.29 is 4.92 Å². The Bertz CT molecular complexity index is 376. The number of nitrogens with two attached hydrogens (primary N) is 1. The summed E-state index contributed by atoms with van der Waals surface area (Å²) in [6.45, 7) is 5.21. The first-order valence-corrected chi connectivity index (χ1v) is 4.22. The highest BCUT2D eigenvalue weighted by Crippen LogP contribution is 2.26. The molecule has 2 N–H and O–H groups in total. The van der Waals surface area contributed by atoms with Crippen molar-refractivity contribution in [1.82, 2.24) is 9.97 Å². The summed E-state index contributed by atoms with van der Waals surface area (Å²) in [5.74, 6) is 0.0381. The predicted molar refractivity (Wildman–Crippen MR) is 51.9 cm³/mol. The van der Waals surface area contributed by atoms with E-state index in [0.717, 1.165) is 0 Å². The second-order valence-corrected chi connectivity index (χ2v) is 3.31. The minimum Gasteiger partial charge on any atom is -0.368 e. The van der Waals surface area contributed by atoms with Crippen molar-refractivity contribution in [2.45, 2.75) is 26.7 Å². The van der Waals surface area contributed by atoms with Crippen LogP contribution in [-0.4, -0.2) is 14.9 Å². The Morgan fingerprint density at radius 1 is 1.43 bits per heavy atom. The predicted octanol–water partition coefficient (Wildman–Crippen LogP) is 1.40. The number of aryl methyl sites for hydroxylation is 1. The molecule has 0 bridgehead atoms. The molecule has 1 heterocycles. The van der Waals surface area contributed by atoms with Gasteiger partial charge in [-0.3, -0.25) is 10.1 Å². The fraction of sp³-hybridized carbons (Fsp3) is 0.500. The van der Waals surface area contributed by atoms with Crippen molar-refractivity contribution in [2.75, 3.05) is 5.73 Å². The topological polar surface area (TPSA) is 94.9 Å². The van der Waals surface area contributed by atoms with Gasteiger partial charge in [0.25, 0.3) is 0 Å². The first-order valence-electron chi connectivity index (χ1n) is 4.22. The van der Waals surface area contributed by atoms with Crippen LogP contribution in [0.3, 0.4) is 0 Å². The molecule has 1 rings (SSSR count). The maximum atomic E-state index is 10.7. The van der Waals surface area contributed by atoms with Gasteiger partial charge in [0.1, 0.15) is 11.4 Å². The summed E-state index contributed by atoms with van der Waals surface area (Å²) in [6.07, 6.45) is 0. The van der Waals surface area contributed by atoms with Crippen molar-refractivity contribution in [3.05, 3.63) is 21.5 Å². The zero-order valence-electron chi connectivity index (χ0n) is 8.31. The van der Waals surface area contributed by atoms with E-state index in [9.17, 15) is 10.1 Å². The molecule has 0 spiro atoms. The Morgan fingerprint density at radius 2 is 2.00 bits per heavy atom.